The van der Waals surface area contributed by atoms with E-state index in [0.717, 1.165) is 15.8 Å². The molecule has 5 nitrogen and oxygen atoms in total. The molecule has 0 spiro atoms. The summed E-state index contributed by atoms with van der Waals surface area (Å²) in [6.45, 7) is 5.17. The monoisotopic (exact) mass is 406 g/mol. The fraction of sp³-hybridized carbons (Fsp3) is 0.235. The van der Waals surface area contributed by atoms with Crippen molar-refractivity contribution in [3.63, 3.8) is 0 Å². The number of benzene rings is 1. The number of nitriles is 1. The van der Waals surface area contributed by atoms with E-state index in [-0.39, 0.29) is 17.6 Å². The standard InChI is InChI=1S/C17H15BrN2O3S/c1-9(2)23-17(22)14-10(3)13(8-19)16(24-14)20-15(21)11-5-4-6-12(18)7-11/h4-7,9H,1-3H3,(H,20,21). The molecule has 0 aliphatic rings. The van der Waals surface area contributed by atoms with E-state index in [4.69, 9.17) is 4.74 Å². The Balaban J connectivity index is 2.32. The van der Waals surface area contributed by atoms with Gasteiger partial charge in [-0.3, -0.25) is 4.79 Å². The van der Waals surface area contributed by atoms with Crippen LogP contribution in [0.4, 0.5) is 5.00 Å². The Labute approximate surface area is 152 Å². The van der Waals surface area contributed by atoms with Gasteiger partial charge in [-0.05, 0) is 44.5 Å². The number of carbonyl (C=O) groups excluding carboxylic acids is 2. The minimum Gasteiger partial charge on any atom is -0.459 e. The van der Waals surface area contributed by atoms with Crippen LogP contribution < -0.4 is 5.32 Å². The lowest BCUT2D eigenvalue weighted by atomic mass is 10.1. The van der Waals surface area contributed by atoms with Gasteiger partial charge in [0, 0.05) is 10.0 Å². The first-order chi connectivity index (χ1) is 11.3. The Bertz CT molecular complexity index is 837. The van der Waals surface area contributed by atoms with Gasteiger partial charge < -0.3 is 10.1 Å². The molecule has 0 bridgehead atoms. The van der Waals surface area contributed by atoms with Crippen molar-refractivity contribution in [3.8, 4) is 6.07 Å². The van der Waals surface area contributed by atoms with Crippen molar-refractivity contribution in [2.45, 2.75) is 26.9 Å². The van der Waals surface area contributed by atoms with Crippen LogP contribution >= 0.6 is 27.3 Å². The smallest absolute Gasteiger partial charge is 0.348 e. The Kier molecular flexibility index (Phi) is 5.75. The van der Waals surface area contributed by atoms with Crippen LogP contribution in [0.5, 0.6) is 0 Å². The number of nitrogens with one attached hydrogen (secondary N) is 1. The highest BCUT2D eigenvalue weighted by Crippen LogP contribution is 2.33. The number of ether oxygens (including phenoxy) is 1. The van der Waals surface area contributed by atoms with E-state index in [1.54, 1.807) is 39.0 Å². The number of hydrogen-bond acceptors (Lipinski definition) is 5. The molecule has 2 aromatic rings. The molecule has 0 saturated carbocycles. The second-order valence-corrected chi connectivity index (χ2v) is 7.23. The molecule has 24 heavy (non-hydrogen) atoms. The lowest BCUT2D eigenvalue weighted by molar-refractivity contribution is 0.0383. The zero-order valence-corrected chi connectivity index (χ0v) is 15.7. The summed E-state index contributed by atoms with van der Waals surface area (Å²) >= 11 is 4.36. The van der Waals surface area contributed by atoms with E-state index >= 15 is 0 Å². The Morgan fingerprint density at radius 2 is 2.08 bits per heavy atom. The molecule has 1 heterocycles. The first-order valence-corrected chi connectivity index (χ1v) is 8.75. The SMILES string of the molecule is Cc1c(C(=O)OC(C)C)sc(NC(=O)c2cccc(Br)c2)c1C#N. The lowest BCUT2D eigenvalue weighted by Gasteiger charge is -2.06. The van der Waals surface area contributed by atoms with Gasteiger partial charge in [0.15, 0.2) is 0 Å². The Morgan fingerprint density at radius 3 is 2.67 bits per heavy atom. The molecule has 0 atom stereocenters. The van der Waals surface area contributed by atoms with Crippen molar-refractivity contribution >= 4 is 44.1 Å². The molecule has 1 aromatic carbocycles. The molecule has 2 rings (SSSR count). The summed E-state index contributed by atoms with van der Waals surface area (Å²) in [6.07, 6.45) is -0.260. The number of hydrogen-bond donors (Lipinski definition) is 1. The summed E-state index contributed by atoms with van der Waals surface area (Å²) in [5.41, 5.74) is 1.24. The van der Waals surface area contributed by atoms with Crippen molar-refractivity contribution in [2.75, 3.05) is 5.32 Å². The third kappa shape index (κ3) is 4.02. The van der Waals surface area contributed by atoms with Crippen LogP contribution in [-0.4, -0.2) is 18.0 Å². The maximum Gasteiger partial charge on any atom is 0.348 e. The molecule has 7 heteroatoms. The van der Waals surface area contributed by atoms with Crippen LogP contribution in [0.3, 0.4) is 0 Å². The normalized spacial score (nSPS) is 10.3. The van der Waals surface area contributed by atoms with Crippen LogP contribution in [-0.2, 0) is 4.74 Å². The zero-order valence-electron chi connectivity index (χ0n) is 13.3. The molecule has 1 amide bonds. The first kappa shape index (κ1) is 18.2. The van der Waals surface area contributed by atoms with Crippen LogP contribution in [0, 0.1) is 18.3 Å². The Morgan fingerprint density at radius 1 is 1.38 bits per heavy atom. The highest BCUT2D eigenvalue weighted by atomic mass is 79.9. The fourth-order valence-electron chi connectivity index (χ4n) is 2.00. The van der Waals surface area contributed by atoms with Gasteiger partial charge in [-0.1, -0.05) is 22.0 Å². The predicted molar refractivity (Wildman–Crippen MR) is 96.4 cm³/mol. The number of carbonyl (C=O) groups is 2. The van der Waals surface area contributed by atoms with Gasteiger partial charge in [0.25, 0.3) is 5.91 Å². The average Bonchev–Trinajstić information content (AvgIpc) is 2.82. The van der Waals surface area contributed by atoms with Gasteiger partial charge >= 0.3 is 5.97 Å². The summed E-state index contributed by atoms with van der Waals surface area (Å²) in [7, 11) is 0. The van der Waals surface area contributed by atoms with Crippen molar-refractivity contribution in [2.24, 2.45) is 0 Å². The second-order valence-electron chi connectivity index (χ2n) is 5.29. The largest absolute Gasteiger partial charge is 0.459 e. The van der Waals surface area contributed by atoms with Gasteiger partial charge in [-0.2, -0.15) is 5.26 Å². The van der Waals surface area contributed by atoms with E-state index in [2.05, 4.69) is 21.2 Å². The number of thiophene rings is 1. The number of anilines is 1. The van der Waals surface area contributed by atoms with Crippen molar-refractivity contribution in [3.05, 3.63) is 50.3 Å². The molecular weight excluding hydrogens is 392 g/mol. The minimum absolute atomic E-state index is 0.260. The highest BCUT2D eigenvalue weighted by Gasteiger charge is 2.23. The van der Waals surface area contributed by atoms with Gasteiger partial charge in [-0.25, -0.2) is 4.79 Å². The average molecular weight is 407 g/mol. The molecule has 0 radical (unpaired) electrons. The molecule has 0 saturated heterocycles. The first-order valence-electron chi connectivity index (χ1n) is 7.14. The Hall–Kier alpha value is -2.17. The van der Waals surface area contributed by atoms with Gasteiger partial charge in [0.05, 0.1) is 11.7 Å². The van der Waals surface area contributed by atoms with E-state index in [0.29, 0.717) is 21.0 Å². The second kappa shape index (κ2) is 7.60. The summed E-state index contributed by atoms with van der Waals surface area (Å²) in [5, 5.41) is 12.4. The molecule has 0 unspecified atom stereocenters. The summed E-state index contributed by atoms with van der Waals surface area (Å²) < 4.78 is 5.96. The quantitative estimate of drug-likeness (QED) is 0.757. The van der Waals surface area contributed by atoms with E-state index in [1.807, 2.05) is 12.1 Å². The van der Waals surface area contributed by atoms with Gasteiger partial charge in [-0.15, -0.1) is 11.3 Å². The molecule has 0 aliphatic carbocycles. The van der Waals surface area contributed by atoms with Crippen molar-refractivity contribution in [1.82, 2.24) is 0 Å². The van der Waals surface area contributed by atoms with Crippen molar-refractivity contribution < 1.29 is 14.3 Å². The minimum atomic E-state index is -0.494. The summed E-state index contributed by atoms with van der Waals surface area (Å²) in [4.78, 5) is 24.8. The summed E-state index contributed by atoms with van der Waals surface area (Å²) in [6, 6.07) is 8.94. The van der Waals surface area contributed by atoms with Crippen LogP contribution in [0.2, 0.25) is 0 Å². The number of rotatable bonds is 4. The van der Waals surface area contributed by atoms with Crippen LogP contribution in [0.15, 0.2) is 28.7 Å². The number of amides is 1. The summed E-state index contributed by atoms with van der Waals surface area (Å²) in [5.74, 6) is -0.843. The molecule has 1 N–H and O–H groups in total. The van der Waals surface area contributed by atoms with E-state index in [1.165, 1.54) is 0 Å². The van der Waals surface area contributed by atoms with Crippen molar-refractivity contribution in [1.29, 1.82) is 5.26 Å². The number of esters is 1. The third-order valence-corrected chi connectivity index (χ3v) is 4.78. The van der Waals surface area contributed by atoms with Crippen LogP contribution in [0.25, 0.3) is 0 Å². The topological polar surface area (TPSA) is 79.2 Å². The van der Waals surface area contributed by atoms with Gasteiger partial charge in [0.1, 0.15) is 15.9 Å². The number of halogens is 1. The third-order valence-electron chi connectivity index (χ3n) is 3.10. The van der Waals surface area contributed by atoms with Crippen LogP contribution in [0.1, 0.15) is 45.0 Å². The molecule has 124 valence electrons. The maximum atomic E-state index is 12.4. The molecule has 0 aliphatic heterocycles. The maximum absolute atomic E-state index is 12.4. The molecule has 0 fully saturated rings. The van der Waals surface area contributed by atoms with E-state index in [9.17, 15) is 14.9 Å². The molecular formula is C17H15BrN2O3S. The zero-order chi connectivity index (χ0) is 17.9. The molecule has 1 aromatic heterocycles. The van der Waals surface area contributed by atoms with Gasteiger partial charge in [0.2, 0.25) is 0 Å². The number of nitrogens with zero attached hydrogens (tertiary/aromatic N) is 1. The van der Waals surface area contributed by atoms with E-state index < -0.39 is 5.97 Å². The lowest BCUT2D eigenvalue weighted by Crippen LogP contribution is -2.11. The predicted octanol–water partition coefficient (Wildman–Crippen LogP) is 4.51. The fourth-order valence-corrected chi connectivity index (χ4v) is 3.44. The highest BCUT2D eigenvalue weighted by molar-refractivity contribution is 9.10.